The van der Waals surface area contributed by atoms with E-state index < -0.39 is 0 Å². The fraction of sp³-hybridized carbons (Fsp3) is 0.625. The highest BCUT2D eigenvalue weighted by molar-refractivity contribution is 5.79. The summed E-state index contributed by atoms with van der Waals surface area (Å²) in [4.78, 5) is 4.09. The number of oxime groups is 1. The maximum atomic E-state index is 8.28. The van der Waals surface area contributed by atoms with Crippen molar-refractivity contribution in [3.05, 3.63) is 12.2 Å². The topological polar surface area (TPSA) is 101 Å². The molecule has 0 saturated carbocycles. The summed E-state index contributed by atoms with van der Waals surface area (Å²) in [6.07, 6.45) is 2.98. The lowest BCUT2D eigenvalue weighted by Gasteiger charge is -2.01. The summed E-state index contributed by atoms with van der Waals surface area (Å²) in [6, 6.07) is 0. The second-order valence-electron chi connectivity index (χ2n) is 3.18. The van der Waals surface area contributed by atoms with Gasteiger partial charge >= 0.3 is 0 Å². The molecule has 0 aliphatic carbocycles. The minimum atomic E-state index is 0.235. The van der Waals surface area contributed by atoms with Crippen LogP contribution in [0.25, 0.3) is 0 Å². The van der Waals surface area contributed by atoms with Crippen LogP contribution in [-0.2, 0) is 13.5 Å². The van der Waals surface area contributed by atoms with Gasteiger partial charge in [-0.1, -0.05) is 5.16 Å². The molecule has 1 heterocycles. The van der Waals surface area contributed by atoms with E-state index in [2.05, 4.69) is 20.6 Å². The number of hydrogen-bond donors (Lipinski definition) is 3. The molecule has 4 N–H and O–H groups in total. The number of nitrogens with one attached hydrogen (secondary N) is 1. The summed E-state index contributed by atoms with van der Waals surface area (Å²) < 4.78 is 1.67. The van der Waals surface area contributed by atoms with Crippen molar-refractivity contribution < 1.29 is 5.21 Å². The summed E-state index contributed by atoms with van der Waals surface area (Å²) >= 11 is 0. The standard InChI is InChI=1S/C8H16N6O/c1-14-6-11-8(12-14)3-5-10-4-2-7(9)13-15/h6,10,15H,2-5H2,1H3,(H2,9,13). The van der Waals surface area contributed by atoms with Crippen LogP contribution in [-0.4, -0.2) is 38.9 Å². The lowest BCUT2D eigenvalue weighted by atomic mass is 10.3. The molecule has 0 unspecified atom stereocenters. The van der Waals surface area contributed by atoms with Crippen molar-refractivity contribution in [3.63, 3.8) is 0 Å². The smallest absolute Gasteiger partial charge is 0.151 e. The Labute approximate surface area is 88.0 Å². The van der Waals surface area contributed by atoms with Crippen LogP contribution < -0.4 is 11.1 Å². The summed E-state index contributed by atoms with van der Waals surface area (Å²) in [6.45, 7) is 1.46. The molecule has 84 valence electrons. The van der Waals surface area contributed by atoms with E-state index in [0.717, 1.165) is 18.8 Å². The van der Waals surface area contributed by atoms with Crippen LogP contribution in [0.5, 0.6) is 0 Å². The molecule has 7 heteroatoms. The van der Waals surface area contributed by atoms with Gasteiger partial charge in [0.25, 0.3) is 0 Å². The van der Waals surface area contributed by atoms with Gasteiger partial charge in [0.2, 0.25) is 0 Å². The second-order valence-corrected chi connectivity index (χ2v) is 3.18. The molecule has 7 nitrogen and oxygen atoms in total. The Kier molecular flexibility index (Phi) is 4.55. The number of aryl methyl sites for hydroxylation is 1. The molecule has 0 radical (unpaired) electrons. The molecule has 0 saturated heterocycles. The molecule has 0 aromatic carbocycles. The average Bonchev–Trinajstić information content (AvgIpc) is 2.63. The average molecular weight is 212 g/mol. The molecule has 1 aromatic rings. The van der Waals surface area contributed by atoms with Crippen LogP contribution >= 0.6 is 0 Å². The van der Waals surface area contributed by atoms with E-state index in [-0.39, 0.29) is 5.84 Å². The van der Waals surface area contributed by atoms with Gasteiger partial charge in [-0.15, -0.1) is 0 Å². The Hall–Kier alpha value is -1.63. The van der Waals surface area contributed by atoms with E-state index in [1.165, 1.54) is 0 Å². The van der Waals surface area contributed by atoms with Crippen molar-refractivity contribution in [1.29, 1.82) is 0 Å². The van der Waals surface area contributed by atoms with Gasteiger partial charge < -0.3 is 16.3 Å². The Morgan fingerprint density at radius 3 is 3.07 bits per heavy atom. The Morgan fingerprint density at radius 2 is 2.47 bits per heavy atom. The number of nitrogens with zero attached hydrogens (tertiary/aromatic N) is 4. The van der Waals surface area contributed by atoms with Crippen molar-refractivity contribution >= 4 is 5.84 Å². The minimum Gasteiger partial charge on any atom is -0.409 e. The summed E-state index contributed by atoms with van der Waals surface area (Å²) in [7, 11) is 1.84. The molecule has 0 amide bonds. The fourth-order valence-electron chi connectivity index (χ4n) is 1.09. The summed E-state index contributed by atoms with van der Waals surface area (Å²) in [5, 5.41) is 18.4. The van der Waals surface area contributed by atoms with E-state index in [1.807, 2.05) is 7.05 Å². The van der Waals surface area contributed by atoms with Crippen LogP contribution in [0.3, 0.4) is 0 Å². The van der Waals surface area contributed by atoms with Gasteiger partial charge in [-0.2, -0.15) is 5.10 Å². The molecule has 0 atom stereocenters. The number of nitrogens with two attached hydrogens (primary N) is 1. The summed E-state index contributed by atoms with van der Waals surface area (Å²) in [5.41, 5.74) is 5.30. The molecule has 0 bridgehead atoms. The molecule has 0 spiro atoms. The molecular weight excluding hydrogens is 196 g/mol. The molecular formula is C8H16N6O. The van der Waals surface area contributed by atoms with Crippen molar-refractivity contribution in [2.45, 2.75) is 12.8 Å². The van der Waals surface area contributed by atoms with E-state index >= 15 is 0 Å². The van der Waals surface area contributed by atoms with Crippen molar-refractivity contribution in [1.82, 2.24) is 20.1 Å². The normalized spacial score (nSPS) is 11.9. The lowest BCUT2D eigenvalue weighted by molar-refractivity contribution is 0.316. The van der Waals surface area contributed by atoms with Gasteiger partial charge in [-0.25, -0.2) is 4.98 Å². The van der Waals surface area contributed by atoms with E-state index in [0.29, 0.717) is 13.0 Å². The van der Waals surface area contributed by atoms with E-state index in [9.17, 15) is 0 Å². The Morgan fingerprint density at radius 1 is 1.67 bits per heavy atom. The van der Waals surface area contributed by atoms with Crippen LogP contribution in [0.2, 0.25) is 0 Å². The first-order valence-corrected chi connectivity index (χ1v) is 4.74. The molecule has 0 aliphatic heterocycles. The van der Waals surface area contributed by atoms with Crippen molar-refractivity contribution in [3.8, 4) is 0 Å². The van der Waals surface area contributed by atoms with Crippen LogP contribution in [0.4, 0.5) is 0 Å². The molecule has 15 heavy (non-hydrogen) atoms. The largest absolute Gasteiger partial charge is 0.409 e. The fourth-order valence-corrected chi connectivity index (χ4v) is 1.09. The minimum absolute atomic E-state index is 0.235. The third kappa shape index (κ3) is 4.41. The van der Waals surface area contributed by atoms with Gasteiger partial charge in [0, 0.05) is 33.0 Å². The maximum absolute atomic E-state index is 8.28. The van der Waals surface area contributed by atoms with Crippen LogP contribution in [0, 0.1) is 0 Å². The van der Waals surface area contributed by atoms with Gasteiger partial charge in [0.15, 0.2) is 5.82 Å². The molecule has 1 aromatic heterocycles. The van der Waals surface area contributed by atoms with Crippen LogP contribution in [0.15, 0.2) is 11.5 Å². The monoisotopic (exact) mass is 212 g/mol. The van der Waals surface area contributed by atoms with Gasteiger partial charge in [0.1, 0.15) is 12.2 Å². The first kappa shape index (κ1) is 11.4. The highest BCUT2D eigenvalue weighted by Crippen LogP contribution is 1.88. The van der Waals surface area contributed by atoms with E-state index in [1.54, 1.807) is 11.0 Å². The zero-order valence-corrected chi connectivity index (χ0v) is 8.72. The highest BCUT2D eigenvalue weighted by Gasteiger charge is 1.98. The lowest BCUT2D eigenvalue weighted by Crippen LogP contribution is -2.24. The third-order valence-corrected chi connectivity index (χ3v) is 1.86. The predicted molar refractivity (Wildman–Crippen MR) is 55.6 cm³/mol. The van der Waals surface area contributed by atoms with Crippen molar-refractivity contribution in [2.24, 2.45) is 17.9 Å². The molecule has 1 rings (SSSR count). The summed E-state index contributed by atoms with van der Waals surface area (Å²) in [5.74, 6) is 1.05. The third-order valence-electron chi connectivity index (χ3n) is 1.86. The first-order chi connectivity index (χ1) is 7.22. The van der Waals surface area contributed by atoms with Gasteiger partial charge in [-0.05, 0) is 0 Å². The number of hydrogen-bond acceptors (Lipinski definition) is 5. The molecule has 0 fully saturated rings. The SMILES string of the molecule is Cn1cnc(CCNCCC(N)=NO)n1. The number of amidine groups is 1. The van der Waals surface area contributed by atoms with Gasteiger partial charge in [-0.3, -0.25) is 4.68 Å². The number of aromatic nitrogens is 3. The second kappa shape index (κ2) is 5.97. The first-order valence-electron chi connectivity index (χ1n) is 4.74. The predicted octanol–water partition coefficient (Wildman–Crippen LogP) is -0.916. The Balaban J connectivity index is 2.07. The van der Waals surface area contributed by atoms with Crippen LogP contribution in [0.1, 0.15) is 12.2 Å². The molecule has 0 aliphatic rings. The van der Waals surface area contributed by atoms with Gasteiger partial charge in [0.05, 0.1) is 0 Å². The zero-order valence-electron chi connectivity index (χ0n) is 8.72. The van der Waals surface area contributed by atoms with E-state index in [4.69, 9.17) is 10.9 Å². The van der Waals surface area contributed by atoms with Crippen molar-refractivity contribution in [2.75, 3.05) is 13.1 Å². The Bertz CT molecular complexity index is 321. The number of rotatable bonds is 6. The quantitative estimate of drug-likeness (QED) is 0.186. The highest BCUT2D eigenvalue weighted by atomic mass is 16.4. The zero-order chi connectivity index (χ0) is 11.1. The maximum Gasteiger partial charge on any atom is 0.151 e.